The second kappa shape index (κ2) is 22.7. The maximum Gasteiger partial charge on any atom is 0.326 e. The molecule has 1 heterocycles. The Kier molecular flexibility index (Phi) is 18.3. The van der Waals surface area contributed by atoms with E-state index in [1.807, 2.05) is 67.6 Å². The van der Waals surface area contributed by atoms with Gasteiger partial charge in [-0.05, 0) is 80.5 Å². The summed E-state index contributed by atoms with van der Waals surface area (Å²) in [6, 6.07) is 16.3. The summed E-state index contributed by atoms with van der Waals surface area (Å²) in [5.41, 5.74) is 7.27. The third-order valence-corrected chi connectivity index (χ3v) is 12.8. The number of likely N-dealkylation sites (tertiary alicyclic amines) is 1. The number of carbonyl (C=O) groups excluding carboxylic acids is 6. The molecule has 4 rings (SSSR count). The van der Waals surface area contributed by atoms with Crippen LogP contribution in [-0.2, 0) is 46.3 Å². The highest BCUT2D eigenvalue weighted by atomic mass is 35.5. The predicted octanol–water partition coefficient (Wildman–Crippen LogP) is 5.03. The Labute approximate surface area is 387 Å². The van der Waals surface area contributed by atoms with Crippen molar-refractivity contribution in [1.29, 1.82) is 0 Å². The number of primary amides is 1. The number of hydrogen-bond acceptors (Lipinski definition) is 9. The summed E-state index contributed by atoms with van der Waals surface area (Å²) in [7, 11) is 4.45. The van der Waals surface area contributed by atoms with Crippen molar-refractivity contribution in [3.05, 3.63) is 94.0 Å². The molecule has 5 amide bonds. The van der Waals surface area contributed by atoms with Crippen LogP contribution in [0.3, 0.4) is 0 Å². The van der Waals surface area contributed by atoms with E-state index in [-0.39, 0.29) is 19.4 Å². The molecule has 1 aliphatic rings. The number of benzene rings is 3. The molecule has 1 fully saturated rings. The number of halogens is 2. The van der Waals surface area contributed by atoms with Crippen molar-refractivity contribution in [2.24, 2.45) is 17.6 Å². The first-order chi connectivity index (χ1) is 30.1. The molecule has 0 radical (unpaired) electrons. The van der Waals surface area contributed by atoms with Crippen molar-refractivity contribution in [2.75, 3.05) is 27.7 Å². The van der Waals surface area contributed by atoms with Gasteiger partial charge in [-0.1, -0.05) is 112 Å². The van der Waals surface area contributed by atoms with Gasteiger partial charge >= 0.3 is 5.97 Å². The smallest absolute Gasteiger partial charge is 0.326 e. The zero-order chi connectivity index (χ0) is 47.6. The Bertz CT molecular complexity index is 2130. The monoisotopic (exact) mass is 922 g/mol. The van der Waals surface area contributed by atoms with Crippen LogP contribution >= 0.6 is 23.2 Å². The lowest BCUT2D eigenvalue weighted by molar-refractivity contribution is -0.170. The van der Waals surface area contributed by atoms with Crippen molar-refractivity contribution in [2.45, 2.75) is 116 Å². The molecule has 0 saturated carbocycles. The molecule has 5 N–H and O–H groups in total. The molecule has 1 aliphatic heterocycles. The number of aliphatic hydroxyl groups is 1. The van der Waals surface area contributed by atoms with Crippen LogP contribution in [-0.4, -0.2) is 125 Å². The van der Waals surface area contributed by atoms with Gasteiger partial charge < -0.3 is 40.9 Å². The summed E-state index contributed by atoms with van der Waals surface area (Å²) >= 11 is 12.5. The lowest BCUT2D eigenvalue weighted by Crippen LogP contribution is -2.61. The molecule has 348 valence electrons. The molecule has 3 aromatic rings. The minimum atomic E-state index is -1.51. The van der Waals surface area contributed by atoms with Gasteiger partial charge in [-0.15, -0.1) is 0 Å². The topological polar surface area (TPSA) is 192 Å². The SMILES string of the molecule is CC[C@H](C)[C@@H](OC(=O)[C@@H](NC)C(C)(C)O)C(=O)N(C)[C@H](C(=O)N[C@@H](Cc1ccccc1)C(=O)N(C)[C@@H](Cc1cccc(-c2ccc(Cl)c(Cl)c2)c1)C(=O)N1CCC[C@H]1C(N)=O)C(C)C. The van der Waals surface area contributed by atoms with E-state index < -0.39 is 89.3 Å². The highest BCUT2D eigenvalue weighted by molar-refractivity contribution is 6.42. The molecule has 0 unspecified atom stereocenters. The summed E-state index contributed by atoms with van der Waals surface area (Å²) in [5, 5.41) is 17.1. The second-order valence-electron chi connectivity index (χ2n) is 17.6. The third-order valence-electron chi connectivity index (χ3n) is 12.0. The fourth-order valence-corrected chi connectivity index (χ4v) is 8.53. The van der Waals surface area contributed by atoms with Crippen molar-refractivity contribution < 1.29 is 38.6 Å². The van der Waals surface area contributed by atoms with Crippen LogP contribution in [0.2, 0.25) is 10.0 Å². The predicted molar refractivity (Wildman–Crippen MR) is 248 cm³/mol. The first-order valence-corrected chi connectivity index (χ1v) is 22.5. The molecule has 0 spiro atoms. The van der Waals surface area contributed by atoms with Crippen molar-refractivity contribution in [3.8, 4) is 11.1 Å². The van der Waals surface area contributed by atoms with E-state index in [2.05, 4.69) is 10.6 Å². The van der Waals surface area contributed by atoms with Gasteiger partial charge in [-0.3, -0.25) is 28.8 Å². The van der Waals surface area contributed by atoms with E-state index >= 15 is 0 Å². The first-order valence-electron chi connectivity index (χ1n) is 21.7. The van der Waals surface area contributed by atoms with Gasteiger partial charge in [-0.2, -0.15) is 0 Å². The molecule has 64 heavy (non-hydrogen) atoms. The van der Waals surface area contributed by atoms with E-state index in [1.165, 1.54) is 49.7 Å². The quantitative estimate of drug-likeness (QED) is 0.113. The molecule has 0 aliphatic carbocycles. The summed E-state index contributed by atoms with van der Waals surface area (Å²) < 4.78 is 5.79. The van der Waals surface area contributed by atoms with E-state index in [0.29, 0.717) is 34.9 Å². The molecule has 16 heteroatoms. The summed E-state index contributed by atoms with van der Waals surface area (Å²) in [4.78, 5) is 88.4. The molecular formula is C48H64Cl2N6O8. The molecule has 0 bridgehead atoms. The normalized spacial score (nSPS) is 16.8. The molecule has 7 atom stereocenters. The number of carbonyl (C=O) groups is 6. The van der Waals surface area contributed by atoms with Gasteiger partial charge in [0.1, 0.15) is 30.2 Å². The van der Waals surface area contributed by atoms with Gasteiger partial charge in [0, 0.05) is 39.4 Å². The number of esters is 1. The van der Waals surface area contributed by atoms with Crippen molar-refractivity contribution in [1.82, 2.24) is 25.3 Å². The number of nitrogens with two attached hydrogens (primary N) is 1. The number of nitrogens with one attached hydrogen (secondary N) is 2. The van der Waals surface area contributed by atoms with Crippen LogP contribution in [0.15, 0.2) is 72.8 Å². The Hall–Kier alpha value is -5.02. The van der Waals surface area contributed by atoms with E-state index in [9.17, 15) is 33.9 Å². The van der Waals surface area contributed by atoms with E-state index in [1.54, 1.807) is 32.9 Å². The average molecular weight is 924 g/mol. The van der Waals surface area contributed by atoms with Gasteiger partial charge in [0.05, 0.1) is 15.6 Å². The van der Waals surface area contributed by atoms with Gasteiger partial charge in [0.2, 0.25) is 23.6 Å². The largest absolute Gasteiger partial charge is 0.451 e. The first kappa shape index (κ1) is 51.6. The minimum Gasteiger partial charge on any atom is -0.451 e. The Balaban J connectivity index is 1.72. The number of rotatable bonds is 20. The fourth-order valence-electron chi connectivity index (χ4n) is 8.23. The standard InChI is InChI=1S/C48H64Cl2N6O8/c1-10-29(4)40(64-47(62)41(52-7)48(5,6)63)46(61)55(9)39(28(2)3)43(58)53-36(25-30-16-12-11-13-17-30)44(59)54(8)38(45(60)56-23-15-20-37(56)42(51)57)26-31-18-14-19-32(24-31)33-21-22-34(49)35(50)27-33/h11-14,16-19,21-22,24,27-29,36-41,52,63H,10,15,20,23,25-26H2,1-9H3,(H2,51,57)(H,53,58)/t29-,36-,37-,38-,39-,40+,41+/m0/s1. The third kappa shape index (κ3) is 12.8. The zero-order valence-electron chi connectivity index (χ0n) is 38.3. The summed E-state index contributed by atoms with van der Waals surface area (Å²) in [6.45, 7) is 10.3. The van der Waals surface area contributed by atoms with Crippen molar-refractivity contribution >= 4 is 58.7 Å². The highest BCUT2D eigenvalue weighted by Gasteiger charge is 2.43. The van der Waals surface area contributed by atoms with Crippen LogP contribution in [0.4, 0.5) is 0 Å². The lowest BCUT2D eigenvalue weighted by Gasteiger charge is -2.37. The average Bonchev–Trinajstić information content (AvgIpc) is 3.75. The number of ether oxygens (including phenoxy) is 1. The van der Waals surface area contributed by atoms with Crippen molar-refractivity contribution in [3.63, 3.8) is 0 Å². The maximum atomic E-state index is 15.0. The van der Waals surface area contributed by atoms with Crippen LogP contribution in [0.1, 0.15) is 71.9 Å². The fraction of sp³-hybridized carbons (Fsp3) is 0.500. The van der Waals surface area contributed by atoms with Crippen LogP contribution in [0.5, 0.6) is 0 Å². The number of amides is 5. The molecule has 1 saturated heterocycles. The molecule has 14 nitrogen and oxygen atoms in total. The molecule has 0 aromatic heterocycles. The minimum absolute atomic E-state index is 0.0367. The van der Waals surface area contributed by atoms with E-state index in [4.69, 9.17) is 33.7 Å². The van der Waals surface area contributed by atoms with E-state index in [0.717, 1.165) is 16.7 Å². The number of nitrogens with zero attached hydrogens (tertiary/aromatic N) is 3. The highest BCUT2D eigenvalue weighted by Crippen LogP contribution is 2.30. The summed E-state index contributed by atoms with van der Waals surface area (Å²) in [5.74, 6) is -4.73. The molecular weight excluding hydrogens is 859 g/mol. The van der Waals surface area contributed by atoms with Crippen LogP contribution < -0.4 is 16.4 Å². The van der Waals surface area contributed by atoms with Crippen LogP contribution in [0.25, 0.3) is 11.1 Å². The van der Waals surface area contributed by atoms with Crippen LogP contribution in [0, 0.1) is 11.8 Å². The molecule has 3 aromatic carbocycles. The number of likely N-dealkylation sites (N-methyl/N-ethyl adjacent to an activating group) is 3. The van der Waals surface area contributed by atoms with Gasteiger partial charge in [0.15, 0.2) is 6.10 Å². The number of hydrogen-bond donors (Lipinski definition) is 4. The van der Waals surface area contributed by atoms with Gasteiger partial charge in [-0.25, -0.2) is 0 Å². The summed E-state index contributed by atoms with van der Waals surface area (Å²) in [6.07, 6.45) is 0.196. The van der Waals surface area contributed by atoms with Gasteiger partial charge in [0.25, 0.3) is 5.91 Å². The lowest BCUT2D eigenvalue weighted by atomic mass is 9.95. The Morgan fingerprint density at radius 1 is 0.875 bits per heavy atom. The Morgan fingerprint density at radius 3 is 2.09 bits per heavy atom. The maximum absolute atomic E-state index is 15.0. The second-order valence-corrected chi connectivity index (χ2v) is 18.4. The zero-order valence-corrected chi connectivity index (χ0v) is 39.8. The Morgan fingerprint density at radius 2 is 1.52 bits per heavy atom.